The molecule has 3 N–H and O–H groups in total. The van der Waals surface area contributed by atoms with E-state index in [9.17, 15) is 17.2 Å². The van der Waals surface area contributed by atoms with Crippen molar-refractivity contribution in [2.45, 2.75) is 17.9 Å². The van der Waals surface area contributed by atoms with E-state index < -0.39 is 23.1 Å². The average molecular weight is 324 g/mol. The van der Waals surface area contributed by atoms with Crippen LogP contribution in [0.15, 0.2) is 23.1 Å². The molecular formula is C12H18F2N2O4S. The fourth-order valence-electron chi connectivity index (χ4n) is 1.59. The molecule has 0 heterocycles. The second-order valence-corrected chi connectivity index (χ2v) is 5.81. The number of alkyl halides is 2. The van der Waals surface area contributed by atoms with Crippen molar-refractivity contribution in [1.82, 2.24) is 4.72 Å². The number of halogens is 2. The van der Waals surface area contributed by atoms with Crippen molar-refractivity contribution in [3.8, 4) is 5.75 Å². The standard InChI is InChI=1S/C12H18F2N2O4S/c1-19-11-3-2-10(6-9(11)7-15)21(17,18)16-4-5-20-8-12(13)14/h2-3,6,12,16H,4-5,7-8,15H2,1H3. The summed E-state index contributed by atoms with van der Waals surface area (Å²) in [6, 6.07) is 4.28. The highest BCUT2D eigenvalue weighted by atomic mass is 32.2. The summed E-state index contributed by atoms with van der Waals surface area (Å²) < 4.78 is 59.6. The van der Waals surface area contributed by atoms with Gasteiger partial charge in [-0.15, -0.1) is 0 Å². The van der Waals surface area contributed by atoms with Crippen LogP contribution in [0.1, 0.15) is 5.56 Å². The lowest BCUT2D eigenvalue weighted by atomic mass is 10.2. The van der Waals surface area contributed by atoms with Gasteiger partial charge in [-0.1, -0.05) is 0 Å². The molecular weight excluding hydrogens is 306 g/mol. The van der Waals surface area contributed by atoms with Crippen molar-refractivity contribution < 1.29 is 26.7 Å². The van der Waals surface area contributed by atoms with Crippen LogP contribution >= 0.6 is 0 Å². The summed E-state index contributed by atoms with van der Waals surface area (Å²) in [4.78, 5) is 0.0256. The summed E-state index contributed by atoms with van der Waals surface area (Å²) in [6.45, 7) is -0.825. The SMILES string of the molecule is COc1ccc(S(=O)(=O)NCCOCC(F)F)cc1CN. The van der Waals surface area contributed by atoms with Crippen LogP contribution in [0, 0.1) is 0 Å². The number of nitrogens with two attached hydrogens (primary N) is 1. The Kier molecular flexibility index (Phi) is 6.96. The molecule has 0 fully saturated rings. The molecule has 0 aliphatic carbocycles. The van der Waals surface area contributed by atoms with Crippen LogP contribution in [0.3, 0.4) is 0 Å². The van der Waals surface area contributed by atoms with Crippen molar-refractivity contribution >= 4 is 10.0 Å². The summed E-state index contributed by atoms with van der Waals surface area (Å²) in [5.41, 5.74) is 6.07. The number of ether oxygens (including phenoxy) is 2. The summed E-state index contributed by atoms with van der Waals surface area (Å²) >= 11 is 0. The predicted molar refractivity (Wildman–Crippen MR) is 72.9 cm³/mol. The van der Waals surface area contributed by atoms with E-state index in [-0.39, 0.29) is 24.6 Å². The van der Waals surface area contributed by atoms with Gasteiger partial charge in [0, 0.05) is 18.7 Å². The van der Waals surface area contributed by atoms with Gasteiger partial charge in [0.05, 0.1) is 18.6 Å². The second kappa shape index (κ2) is 8.23. The lowest BCUT2D eigenvalue weighted by Gasteiger charge is -2.11. The maximum atomic E-state index is 12.0. The quantitative estimate of drug-likeness (QED) is 0.653. The minimum atomic E-state index is -3.75. The Balaban J connectivity index is 2.66. The van der Waals surface area contributed by atoms with Gasteiger partial charge >= 0.3 is 0 Å². The number of rotatable bonds is 9. The normalized spacial score (nSPS) is 11.9. The maximum absolute atomic E-state index is 12.0. The Hall–Kier alpha value is -1.29. The maximum Gasteiger partial charge on any atom is 0.261 e. The summed E-state index contributed by atoms with van der Waals surface area (Å²) in [6.07, 6.45) is -2.57. The zero-order valence-electron chi connectivity index (χ0n) is 11.5. The Morgan fingerprint density at radius 3 is 2.67 bits per heavy atom. The smallest absolute Gasteiger partial charge is 0.261 e. The highest BCUT2D eigenvalue weighted by Crippen LogP contribution is 2.21. The molecule has 0 saturated heterocycles. The largest absolute Gasteiger partial charge is 0.496 e. The van der Waals surface area contributed by atoms with Crippen LogP contribution in [-0.4, -0.2) is 41.7 Å². The lowest BCUT2D eigenvalue weighted by molar-refractivity contribution is 0.0199. The molecule has 0 bridgehead atoms. The number of nitrogens with one attached hydrogen (secondary N) is 1. The second-order valence-electron chi connectivity index (χ2n) is 4.04. The molecule has 0 amide bonds. The van der Waals surface area contributed by atoms with Crippen molar-refractivity contribution in [1.29, 1.82) is 0 Å². The van der Waals surface area contributed by atoms with Gasteiger partial charge in [-0.2, -0.15) is 0 Å². The zero-order chi connectivity index (χ0) is 15.9. The number of hydrogen-bond donors (Lipinski definition) is 2. The predicted octanol–water partition coefficient (Wildman–Crippen LogP) is 0.714. The topological polar surface area (TPSA) is 90.7 Å². The van der Waals surface area contributed by atoms with Crippen LogP contribution in [0.2, 0.25) is 0 Å². The molecule has 9 heteroatoms. The van der Waals surface area contributed by atoms with Gasteiger partial charge in [0.2, 0.25) is 10.0 Å². The van der Waals surface area contributed by atoms with Crippen LogP contribution in [-0.2, 0) is 21.3 Å². The van der Waals surface area contributed by atoms with Crippen LogP contribution in [0.4, 0.5) is 8.78 Å². The highest BCUT2D eigenvalue weighted by Gasteiger charge is 2.15. The summed E-state index contributed by atoms with van der Waals surface area (Å²) in [7, 11) is -2.29. The van der Waals surface area contributed by atoms with Gasteiger partial charge in [0.1, 0.15) is 12.4 Å². The first-order chi connectivity index (χ1) is 9.90. The van der Waals surface area contributed by atoms with E-state index in [0.29, 0.717) is 11.3 Å². The van der Waals surface area contributed by atoms with Gasteiger partial charge < -0.3 is 15.2 Å². The number of sulfonamides is 1. The van der Waals surface area contributed by atoms with Gasteiger partial charge in [-0.05, 0) is 18.2 Å². The van der Waals surface area contributed by atoms with Gasteiger partial charge in [-0.3, -0.25) is 0 Å². The summed E-state index contributed by atoms with van der Waals surface area (Å²) in [5, 5.41) is 0. The van der Waals surface area contributed by atoms with E-state index in [1.165, 1.54) is 25.3 Å². The van der Waals surface area contributed by atoms with Gasteiger partial charge in [0.25, 0.3) is 6.43 Å². The lowest BCUT2D eigenvalue weighted by Crippen LogP contribution is -2.28. The van der Waals surface area contributed by atoms with E-state index in [4.69, 9.17) is 10.5 Å². The molecule has 1 rings (SSSR count). The average Bonchev–Trinajstić information content (AvgIpc) is 2.45. The molecule has 0 aromatic heterocycles. The minimum absolute atomic E-state index is 0.0256. The first-order valence-electron chi connectivity index (χ1n) is 6.13. The van der Waals surface area contributed by atoms with Crippen LogP contribution < -0.4 is 15.2 Å². The molecule has 0 aliphatic rings. The molecule has 120 valence electrons. The molecule has 0 aliphatic heterocycles. The molecule has 0 radical (unpaired) electrons. The van der Waals surface area contributed by atoms with E-state index in [0.717, 1.165) is 0 Å². The molecule has 0 spiro atoms. The number of benzene rings is 1. The molecule has 6 nitrogen and oxygen atoms in total. The Morgan fingerprint density at radius 1 is 1.38 bits per heavy atom. The first-order valence-corrected chi connectivity index (χ1v) is 7.61. The van der Waals surface area contributed by atoms with Gasteiger partial charge in [0.15, 0.2) is 0 Å². The molecule has 0 saturated carbocycles. The molecule has 21 heavy (non-hydrogen) atoms. The Morgan fingerprint density at radius 2 is 2.10 bits per heavy atom. The van der Waals surface area contributed by atoms with Crippen molar-refractivity contribution in [3.05, 3.63) is 23.8 Å². The number of hydrogen-bond acceptors (Lipinski definition) is 5. The van der Waals surface area contributed by atoms with E-state index >= 15 is 0 Å². The van der Waals surface area contributed by atoms with E-state index in [2.05, 4.69) is 9.46 Å². The molecule has 0 unspecified atom stereocenters. The van der Waals surface area contributed by atoms with Crippen LogP contribution in [0.5, 0.6) is 5.75 Å². The highest BCUT2D eigenvalue weighted by molar-refractivity contribution is 7.89. The van der Waals surface area contributed by atoms with E-state index in [1.54, 1.807) is 0 Å². The Bertz CT molecular complexity index is 552. The Labute approximate surface area is 122 Å². The number of methoxy groups -OCH3 is 1. The fourth-order valence-corrected chi connectivity index (χ4v) is 2.65. The van der Waals surface area contributed by atoms with Gasteiger partial charge in [-0.25, -0.2) is 21.9 Å². The van der Waals surface area contributed by atoms with E-state index in [1.807, 2.05) is 0 Å². The fraction of sp³-hybridized carbons (Fsp3) is 0.500. The molecule has 1 aromatic carbocycles. The monoisotopic (exact) mass is 324 g/mol. The third-order valence-electron chi connectivity index (χ3n) is 2.56. The third-order valence-corrected chi connectivity index (χ3v) is 4.02. The van der Waals surface area contributed by atoms with Crippen LogP contribution in [0.25, 0.3) is 0 Å². The summed E-state index contributed by atoms with van der Waals surface area (Å²) in [5.74, 6) is 0.497. The molecule has 0 atom stereocenters. The minimum Gasteiger partial charge on any atom is -0.496 e. The first kappa shape index (κ1) is 17.8. The van der Waals surface area contributed by atoms with Crippen molar-refractivity contribution in [2.75, 3.05) is 26.9 Å². The zero-order valence-corrected chi connectivity index (χ0v) is 12.3. The third kappa shape index (κ3) is 5.54. The van der Waals surface area contributed by atoms with Crippen molar-refractivity contribution in [2.24, 2.45) is 5.73 Å². The molecule has 1 aromatic rings. The van der Waals surface area contributed by atoms with Crippen molar-refractivity contribution in [3.63, 3.8) is 0 Å².